The Morgan fingerprint density at radius 3 is 2.19 bits per heavy atom. The zero-order chi connectivity index (χ0) is 16.3. The fourth-order valence-corrected chi connectivity index (χ4v) is 2.74. The second-order valence-electron chi connectivity index (χ2n) is 5.59. The Bertz CT molecular complexity index is 251. The molecule has 0 saturated carbocycles. The summed E-state index contributed by atoms with van der Waals surface area (Å²) in [7, 11) is -4.24. The van der Waals surface area contributed by atoms with Crippen LogP contribution in [0.25, 0.3) is 0 Å². The Balaban J connectivity index is 3.84. The van der Waals surface area contributed by atoms with Crippen LogP contribution in [0.1, 0.15) is 33.1 Å². The third kappa shape index (κ3) is 13.3. The first-order valence-electron chi connectivity index (χ1n) is 7.77. The summed E-state index contributed by atoms with van der Waals surface area (Å²) in [6, 6.07) is -0.0340. The second kappa shape index (κ2) is 11.5. The second-order valence-corrected chi connectivity index (χ2v) is 7.95. The summed E-state index contributed by atoms with van der Waals surface area (Å²) in [5.41, 5.74) is 0. The predicted molar refractivity (Wildman–Crippen MR) is 83.1 cm³/mol. The van der Waals surface area contributed by atoms with Gasteiger partial charge >= 0.3 is 127 Å². The minimum atomic E-state index is -4.24. The van der Waals surface area contributed by atoms with Crippen molar-refractivity contribution in [3.63, 3.8) is 0 Å². The molecule has 0 amide bonds. The van der Waals surface area contributed by atoms with Crippen LogP contribution in [-0.4, -0.2) is 83.4 Å². The monoisotopic (exact) mass is 326 g/mol. The molecule has 0 heterocycles. The van der Waals surface area contributed by atoms with Gasteiger partial charge in [0.2, 0.25) is 0 Å². The molecular weight excluding hydrogens is 294 g/mol. The van der Waals surface area contributed by atoms with Gasteiger partial charge in [0.1, 0.15) is 0 Å². The maximum absolute atomic E-state index is 9.90. The summed E-state index contributed by atoms with van der Waals surface area (Å²) >= 11 is 0. The SMILES string of the molecule is CCCN(CC(O)CC)CC(O)COCCC[SiH-](O)(O)O. The van der Waals surface area contributed by atoms with Crippen molar-refractivity contribution in [3.05, 3.63) is 0 Å². The van der Waals surface area contributed by atoms with E-state index in [9.17, 15) is 10.2 Å². The zero-order valence-electron chi connectivity index (χ0n) is 13.2. The molecule has 0 rings (SSSR count). The van der Waals surface area contributed by atoms with Crippen LogP contribution in [0, 0.1) is 0 Å². The molecule has 0 aromatic rings. The molecule has 0 aromatic heterocycles. The molecule has 0 aliphatic rings. The van der Waals surface area contributed by atoms with E-state index in [1.54, 1.807) is 0 Å². The van der Waals surface area contributed by atoms with Crippen LogP contribution < -0.4 is 0 Å². The minimum absolute atomic E-state index is 0.0340. The van der Waals surface area contributed by atoms with Crippen molar-refractivity contribution >= 4 is 8.80 Å². The first-order valence-corrected chi connectivity index (χ1v) is 10.1. The van der Waals surface area contributed by atoms with Crippen LogP contribution in [0.2, 0.25) is 6.04 Å². The number of hydrogen-bond donors (Lipinski definition) is 5. The number of nitrogens with zero attached hydrogens (tertiary/aromatic N) is 1. The summed E-state index contributed by atoms with van der Waals surface area (Å²) in [6.07, 6.45) is 0.947. The molecule has 0 fully saturated rings. The van der Waals surface area contributed by atoms with Crippen LogP contribution in [0.5, 0.6) is 0 Å². The van der Waals surface area contributed by atoms with Crippen LogP contribution in [-0.2, 0) is 4.74 Å². The quantitative estimate of drug-likeness (QED) is 0.215. The molecule has 0 saturated heterocycles. The van der Waals surface area contributed by atoms with E-state index >= 15 is 0 Å². The van der Waals surface area contributed by atoms with Gasteiger partial charge in [-0.15, -0.1) is 0 Å². The van der Waals surface area contributed by atoms with E-state index in [0.717, 1.165) is 13.0 Å². The van der Waals surface area contributed by atoms with Gasteiger partial charge in [-0.05, 0) is 0 Å². The van der Waals surface area contributed by atoms with Gasteiger partial charge in [0.05, 0.1) is 0 Å². The summed E-state index contributed by atoms with van der Waals surface area (Å²) in [6.45, 7) is 6.17. The fourth-order valence-electron chi connectivity index (χ4n) is 2.03. The third-order valence-electron chi connectivity index (χ3n) is 3.14. The Labute approximate surface area is 128 Å². The number of ether oxygens (including phenoxy) is 1. The van der Waals surface area contributed by atoms with Crippen LogP contribution >= 0.6 is 0 Å². The summed E-state index contributed by atoms with van der Waals surface area (Å²) < 4.78 is 5.26. The molecule has 5 N–H and O–H groups in total. The summed E-state index contributed by atoms with van der Waals surface area (Å²) in [4.78, 5) is 28.6. The van der Waals surface area contributed by atoms with E-state index in [1.807, 2.05) is 18.7 Å². The summed E-state index contributed by atoms with van der Waals surface area (Å²) in [5, 5.41) is 19.6. The molecule has 0 bridgehead atoms. The standard InChI is InChI=1S/C13H32NO6Si/c1-3-6-14(9-12(15)4-2)10-13(16)11-20-7-5-8-21(17,18)19/h12-13,15-19,21H,3-11H2,1-2H3/q-1. The van der Waals surface area contributed by atoms with Crippen LogP contribution in [0.4, 0.5) is 0 Å². The van der Waals surface area contributed by atoms with Gasteiger partial charge in [-0.3, -0.25) is 0 Å². The number of aliphatic hydroxyl groups excluding tert-OH is 2. The molecular formula is C13H32NO6Si-. The molecule has 0 spiro atoms. The molecule has 0 radical (unpaired) electrons. The Hall–Kier alpha value is -0.0631. The van der Waals surface area contributed by atoms with Gasteiger partial charge in [0, 0.05) is 0 Å². The van der Waals surface area contributed by atoms with E-state index < -0.39 is 14.9 Å². The predicted octanol–water partition coefficient (Wildman–Crippen LogP) is -1.11. The van der Waals surface area contributed by atoms with Gasteiger partial charge in [-0.1, -0.05) is 0 Å². The molecule has 0 aliphatic carbocycles. The average Bonchev–Trinajstić information content (AvgIpc) is 2.37. The molecule has 0 aliphatic heterocycles. The molecule has 7 nitrogen and oxygen atoms in total. The Morgan fingerprint density at radius 2 is 1.67 bits per heavy atom. The van der Waals surface area contributed by atoms with E-state index in [0.29, 0.717) is 25.9 Å². The Kier molecular flexibility index (Phi) is 11.5. The molecule has 130 valence electrons. The number of hydrogen-bond acceptors (Lipinski definition) is 7. The van der Waals surface area contributed by atoms with Gasteiger partial charge < -0.3 is 0 Å². The normalized spacial score (nSPS) is 16.2. The van der Waals surface area contributed by atoms with Gasteiger partial charge in [0.25, 0.3) is 0 Å². The first-order chi connectivity index (χ1) is 9.78. The summed E-state index contributed by atoms with van der Waals surface area (Å²) in [5.74, 6) is 0. The van der Waals surface area contributed by atoms with Crippen molar-refractivity contribution < 1.29 is 29.3 Å². The third-order valence-corrected chi connectivity index (χ3v) is 4.32. The van der Waals surface area contributed by atoms with E-state index in [4.69, 9.17) is 19.1 Å². The van der Waals surface area contributed by atoms with E-state index in [-0.39, 0.29) is 25.4 Å². The number of rotatable bonds is 13. The maximum atomic E-state index is 9.90. The topological polar surface area (TPSA) is 114 Å². The van der Waals surface area contributed by atoms with Crippen molar-refractivity contribution in [2.45, 2.75) is 51.4 Å². The van der Waals surface area contributed by atoms with Crippen molar-refractivity contribution in [2.75, 3.05) is 32.8 Å². The van der Waals surface area contributed by atoms with Gasteiger partial charge in [-0.25, -0.2) is 0 Å². The zero-order valence-corrected chi connectivity index (χ0v) is 14.3. The van der Waals surface area contributed by atoms with E-state index in [1.165, 1.54) is 0 Å². The molecule has 0 aromatic carbocycles. The van der Waals surface area contributed by atoms with Crippen molar-refractivity contribution in [3.8, 4) is 0 Å². The number of aliphatic hydroxyl groups is 2. The molecule has 21 heavy (non-hydrogen) atoms. The molecule has 2 unspecified atom stereocenters. The molecule has 2 atom stereocenters. The van der Waals surface area contributed by atoms with Crippen molar-refractivity contribution in [1.82, 2.24) is 4.90 Å². The van der Waals surface area contributed by atoms with Gasteiger partial charge in [0.15, 0.2) is 0 Å². The van der Waals surface area contributed by atoms with Crippen LogP contribution in [0.3, 0.4) is 0 Å². The molecule has 8 heteroatoms. The average molecular weight is 326 g/mol. The fraction of sp³-hybridized carbons (Fsp3) is 1.00. The first kappa shape index (κ1) is 20.9. The van der Waals surface area contributed by atoms with Crippen LogP contribution in [0.15, 0.2) is 0 Å². The van der Waals surface area contributed by atoms with Crippen molar-refractivity contribution in [2.24, 2.45) is 0 Å². The Morgan fingerprint density at radius 1 is 1.05 bits per heavy atom. The van der Waals surface area contributed by atoms with Gasteiger partial charge in [-0.2, -0.15) is 0 Å². The van der Waals surface area contributed by atoms with E-state index in [2.05, 4.69) is 0 Å². The van der Waals surface area contributed by atoms with Crippen molar-refractivity contribution in [1.29, 1.82) is 0 Å².